The van der Waals surface area contributed by atoms with Gasteiger partial charge in [0.1, 0.15) is 0 Å². The molecule has 2 N–H and O–H groups in total. The SMILES string of the molecule is S=C1NC2=C(CCC2)C2(CCCC2)N1. The molecule has 1 saturated carbocycles. The molecule has 0 bridgehead atoms. The van der Waals surface area contributed by atoms with Gasteiger partial charge in [-0.25, -0.2) is 0 Å². The second-order valence-electron chi connectivity index (χ2n) is 4.68. The van der Waals surface area contributed by atoms with Crippen LogP contribution in [-0.2, 0) is 0 Å². The number of hydrogen-bond acceptors (Lipinski definition) is 1. The zero-order valence-electron chi connectivity index (χ0n) is 8.36. The summed E-state index contributed by atoms with van der Waals surface area (Å²) in [4.78, 5) is 0. The van der Waals surface area contributed by atoms with E-state index in [1.54, 1.807) is 5.57 Å². The molecule has 0 amide bonds. The highest BCUT2D eigenvalue weighted by Gasteiger charge is 2.43. The first-order valence-electron chi connectivity index (χ1n) is 5.62. The van der Waals surface area contributed by atoms with Crippen molar-refractivity contribution in [2.24, 2.45) is 0 Å². The molecule has 3 aliphatic rings. The van der Waals surface area contributed by atoms with Crippen LogP contribution in [0.25, 0.3) is 0 Å². The summed E-state index contributed by atoms with van der Waals surface area (Å²) in [7, 11) is 0. The number of rotatable bonds is 0. The lowest BCUT2D eigenvalue weighted by Gasteiger charge is -2.38. The summed E-state index contributed by atoms with van der Waals surface area (Å²) >= 11 is 5.28. The molecule has 1 heterocycles. The fourth-order valence-electron chi connectivity index (χ4n) is 3.28. The summed E-state index contributed by atoms with van der Waals surface area (Å²) in [5.74, 6) is 0. The standard InChI is InChI=1S/C11H16N2S/c14-10-12-9-5-3-4-8(9)11(13-10)6-1-2-7-11/h1-7H2,(H2,12,13,14). The van der Waals surface area contributed by atoms with Gasteiger partial charge in [0, 0.05) is 5.70 Å². The van der Waals surface area contributed by atoms with E-state index < -0.39 is 0 Å². The van der Waals surface area contributed by atoms with E-state index >= 15 is 0 Å². The van der Waals surface area contributed by atoms with Crippen LogP contribution in [0.5, 0.6) is 0 Å². The van der Waals surface area contributed by atoms with Gasteiger partial charge in [0.25, 0.3) is 0 Å². The Morgan fingerprint density at radius 2 is 1.86 bits per heavy atom. The fourth-order valence-corrected chi connectivity index (χ4v) is 3.59. The van der Waals surface area contributed by atoms with E-state index in [-0.39, 0.29) is 5.54 Å². The normalized spacial score (nSPS) is 29.0. The van der Waals surface area contributed by atoms with Gasteiger partial charge in [-0.05, 0) is 49.9 Å². The highest BCUT2D eigenvalue weighted by molar-refractivity contribution is 7.80. The Balaban J connectivity index is 2.02. The molecule has 0 unspecified atom stereocenters. The Kier molecular flexibility index (Phi) is 1.84. The Morgan fingerprint density at radius 1 is 1.07 bits per heavy atom. The van der Waals surface area contributed by atoms with E-state index in [9.17, 15) is 0 Å². The van der Waals surface area contributed by atoms with E-state index in [0.717, 1.165) is 5.11 Å². The van der Waals surface area contributed by atoms with Gasteiger partial charge in [0.15, 0.2) is 5.11 Å². The average molecular weight is 208 g/mol. The second-order valence-corrected chi connectivity index (χ2v) is 5.09. The number of allylic oxidation sites excluding steroid dienone is 1. The molecule has 2 aliphatic carbocycles. The van der Waals surface area contributed by atoms with Crippen molar-refractivity contribution >= 4 is 17.3 Å². The van der Waals surface area contributed by atoms with Gasteiger partial charge in [0.05, 0.1) is 5.54 Å². The first-order chi connectivity index (χ1) is 6.80. The third kappa shape index (κ3) is 1.11. The number of hydrogen-bond donors (Lipinski definition) is 2. The van der Waals surface area contributed by atoms with E-state index in [1.807, 2.05) is 0 Å². The molecular weight excluding hydrogens is 192 g/mol. The monoisotopic (exact) mass is 208 g/mol. The molecule has 0 aromatic rings. The first-order valence-corrected chi connectivity index (χ1v) is 6.03. The summed E-state index contributed by atoms with van der Waals surface area (Å²) in [6.07, 6.45) is 9.07. The van der Waals surface area contributed by atoms with Crippen LogP contribution in [0.2, 0.25) is 0 Å². The van der Waals surface area contributed by atoms with E-state index in [4.69, 9.17) is 12.2 Å². The molecule has 3 heteroatoms. The molecule has 0 aromatic carbocycles. The molecule has 0 aromatic heterocycles. The molecule has 3 rings (SSSR count). The van der Waals surface area contributed by atoms with Crippen molar-refractivity contribution in [2.45, 2.75) is 50.5 Å². The first kappa shape index (κ1) is 8.72. The molecule has 76 valence electrons. The van der Waals surface area contributed by atoms with Crippen LogP contribution < -0.4 is 10.6 Å². The molecule has 1 spiro atoms. The molecule has 0 saturated heterocycles. The lowest BCUT2D eigenvalue weighted by atomic mass is 9.85. The fraction of sp³-hybridized carbons (Fsp3) is 0.727. The van der Waals surface area contributed by atoms with Gasteiger partial charge in [-0.15, -0.1) is 0 Å². The van der Waals surface area contributed by atoms with Gasteiger partial charge in [-0.1, -0.05) is 12.8 Å². The van der Waals surface area contributed by atoms with Crippen LogP contribution >= 0.6 is 12.2 Å². The van der Waals surface area contributed by atoms with Crippen molar-refractivity contribution in [1.29, 1.82) is 0 Å². The van der Waals surface area contributed by atoms with Gasteiger partial charge in [-0.2, -0.15) is 0 Å². The van der Waals surface area contributed by atoms with Crippen LogP contribution in [0, 0.1) is 0 Å². The average Bonchev–Trinajstić information content (AvgIpc) is 2.73. The molecule has 0 radical (unpaired) electrons. The van der Waals surface area contributed by atoms with E-state index in [0.29, 0.717) is 0 Å². The number of fused-ring (bicyclic) bond motifs is 1. The van der Waals surface area contributed by atoms with Gasteiger partial charge < -0.3 is 10.6 Å². The summed E-state index contributed by atoms with van der Waals surface area (Å²) in [5.41, 5.74) is 3.35. The van der Waals surface area contributed by atoms with Crippen LogP contribution in [0.1, 0.15) is 44.9 Å². The molecule has 0 atom stereocenters. The zero-order valence-corrected chi connectivity index (χ0v) is 9.17. The predicted octanol–water partition coefficient (Wildman–Crippen LogP) is 2.21. The van der Waals surface area contributed by atoms with Crippen molar-refractivity contribution in [1.82, 2.24) is 10.6 Å². The Morgan fingerprint density at radius 3 is 2.64 bits per heavy atom. The summed E-state index contributed by atoms with van der Waals surface area (Å²) in [6, 6.07) is 0. The zero-order chi connectivity index (χ0) is 9.60. The Hall–Kier alpha value is -0.570. The van der Waals surface area contributed by atoms with Gasteiger partial charge in [-0.3, -0.25) is 0 Å². The van der Waals surface area contributed by atoms with Crippen LogP contribution in [0.3, 0.4) is 0 Å². The third-order valence-corrected chi connectivity index (χ3v) is 4.07. The molecule has 14 heavy (non-hydrogen) atoms. The summed E-state index contributed by atoms with van der Waals surface area (Å²) in [6.45, 7) is 0. The number of nitrogens with one attached hydrogen (secondary N) is 2. The minimum atomic E-state index is 0.272. The van der Waals surface area contributed by atoms with Crippen LogP contribution in [-0.4, -0.2) is 10.7 Å². The van der Waals surface area contributed by atoms with Crippen molar-refractivity contribution in [3.8, 4) is 0 Å². The van der Waals surface area contributed by atoms with E-state index in [2.05, 4.69) is 10.6 Å². The second kappa shape index (κ2) is 2.96. The van der Waals surface area contributed by atoms with Crippen LogP contribution in [0.15, 0.2) is 11.3 Å². The lowest BCUT2D eigenvalue weighted by Crippen LogP contribution is -2.55. The summed E-state index contributed by atoms with van der Waals surface area (Å²) < 4.78 is 0. The maximum atomic E-state index is 5.28. The van der Waals surface area contributed by atoms with Crippen molar-refractivity contribution < 1.29 is 0 Å². The maximum Gasteiger partial charge on any atom is 0.171 e. The maximum absolute atomic E-state index is 5.28. The smallest absolute Gasteiger partial charge is 0.171 e. The minimum absolute atomic E-state index is 0.272. The lowest BCUT2D eigenvalue weighted by molar-refractivity contribution is 0.435. The molecular formula is C11H16N2S. The molecule has 1 aliphatic heterocycles. The molecule has 1 fully saturated rings. The largest absolute Gasteiger partial charge is 0.353 e. The van der Waals surface area contributed by atoms with E-state index in [1.165, 1.54) is 50.6 Å². The van der Waals surface area contributed by atoms with Gasteiger partial charge in [0.2, 0.25) is 0 Å². The van der Waals surface area contributed by atoms with Crippen LogP contribution in [0.4, 0.5) is 0 Å². The van der Waals surface area contributed by atoms with Crippen molar-refractivity contribution in [3.63, 3.8) is 0 Å². The highest BCUT2D eigenvalue weighted by Crippen LogP contribution is 2.44. The number of thiocarbonyl (C=S) groups is 1. The Bertz CT molecular complexity index is 313. The highest BCUT2D eigenvalue weighted by atomic mass is 32.1. The topological polar surface area (TPSA) is 24.1 Å². The van der Waals surface area contributed by atoms with Gasteiger partial charge >= 0.3 is 0 Å². The summed E-state index contributed by atoms with van der Waals surface area (Å²) in [5, 5.41) is 7.71. The Labute approximate surface area is 90.1 Å². The van der Waals surface area contributed by atoms with Crippen molar-refractivity contribution in [2.75, 3.05) is 0 Å². The molecule has 2 nitrogen and oxygen atoms in total. The third-order valence-electron chi connectivity index (χ3n) is 3.87. The van der Waals surface area contributed by atoms with Crippen molar-refractivity contribution in [3.05, 3.63) is 11.3 Å². The minimum Gasteiger partial charge on any atom is -0.353 e. The predicted molar refractivity (Wildman–Crippen MR) is 60.9 cm³/mol. The quantitative estimate of drug-likeness (QED) is 0.597.